The number of nitrogen functional groups attached to an aromatic ring is 1. The largest absolute Gasteiger partial charge is 0.486 e. The van der Waals surface area contributed by atoms with Crippen molar-refractivity contribution in [3.8, 4) is 11.8 Å². The van der Waals surface area contributed by atoms with E-state index in [1.807, 2.05) is 19.9 Å². The molecule has 0 aromatic heterocycles. The van der Waals surface area contributed by atoms with Crippen LogP contribution in [-0.2, 0) is 0 Å². The number of benzene rings is 1. The molecule has 2 N–H and O–H groups in total. The van der Waals surface area contributed by atoms with E-state index in [0.29, 0.717) is 23.6 Å². The second-order valence-corrected chi connectivity index (χ2v) is 4.74. The van der Waals surface area contributed by atoms with Crippen molar-refractivity contribution in [1.29, 1.82) is 5.26 Å². The Balaban J connectivity index is 2.89. The summed E-state index contributed by atoms with van der Waals surface area (Å²) in [7, 11) is 0. The van der Waals surface area contributed by atoms with E-state index in [0.717, 1.165) is 3.57 Å². The molecule has 16 heavy (non-hydrogen) atoms. The van der Waals surface area contributed by atoms with Gasteiger partial charge in [0, 0.05) is 0 Å². The number of nitrogens with two attached hydrogens (primary N) is 1. The minimum absolute atomic E-state index is 0.494. The summed E-state index contributed by atoms with van der Waals surface area (Å²) in [6.07, 6.45) is 1.98. The summed E-state index contributed by atoms with van der Waals surface area (Å²) in [6.45, 7) is 4.52. The maximum Gasteiger partial charge on any atom is 0.156 e. The Morgan fingerprint density at radius 3 is 2.75 bits per heavy atom. The van der Waals surface area contributed by atoms with Gasteiger partial charge in [-0.2, -0.15) is 5.26 Å². The molecule has 0 unspecified atom stereocenters. The topological polar surface area (TPSA) is 59.0 Å². The number of allylic oxidation sites excluding steroid dienone is 1. The predicted octanol–water partition coefficient (Wildman–Crippen LogP) is 3.09. The van der Waals surface area contributed by atoms with Gasteiger partial charge in [0.05, 0.1) is 20.9 Å². The van der Waals surface area contributed by atoms with Crippen molar-refractivity contribution < 1.29 is 4.74 Å². The minimum atomic E-state index is 0.494. The SMILES string of the molecule is CC(C)=CCOc1c(N)cc(C#N)cc1I. The molecule has 0 saturated carbocycles. The van der Waals surface area contributed by atoms with Crippen molar-refractivity contribution in [3.63, 3.8) is 0 Å². The van der Waals surface area contributed by atoms with Crippen LogP contribution < -0.4 is 10.5 Å². The Hall–Kier alpha value is -1.22. The van der Waals surface area contributed by atoms with Crippen molar-refractivity contribution in [3.05, 3.63) is 32.9 Å². The van der Waals surface area contributed by atoms with Crippen molar-refractivity contribution in [2.24, 2.45) is 0 Å². The highest BCUT2D eigenvalue weighted by atomic mass is 127. The number of halogens is 1. The number of nitrogens with zero attached hydrogens (tertiary/aromatic N) is 1. The van der Waals surface area contributed by atoms with Gasteiger partial charge in [-0.1, -0.05) is 5.57 Å². The first-order chi connectivity index (χ1) is 7.54. The van der Waals surface area contributed by atoms with Gasteiger partial charge in [0.15, 0.2) is 5.75 Å². The van der Waals surface area contributed by atoms with E-state index in [-0.39, 0.29) is 0 Å². The zero-order chi connectivity index (χ0) is 12.1. The molecule has 0 spiro atoms. The lowest BCUT2D eigenvalue weighted by Crippen LogP contribution is -2.01. The highest BCUT2D eigenvalue weighted by molar-refractivity contribution is 14.1. The van der Waals surface area contributed by atoms with Crippen LogP contribution in [0.1, 0.15) is 19.4 Å². The molecule has 4 heteroatoms. The summed E-state index contributed by atoms with van der Waals surface area (Å²) in [4.78, 5) is 0. The molecule has 0 aliphatic rings. The molecule has 84 valence electrons. The van der Waals surface area contributed by atoms with Crippen LogP contribution in [0.25, 0.3) is 0 Å². The van der Waals surface area contributed by atoms with Crippen LogP contribution in [0.2, 0.25) is 0 Å². The molecule has 0 fully saturated rings. The summed E-state index contributed by atoms with van der Waals surface area (Å²) < 4.78 is 6.42. The van der Waals surface area contributed by atoms with E-state index >= 15 is 0 Å². The molecular formula is C12H13IN2O. The van der Waals surface area contributed by atoms with Crippen LogP contribution >= 0.6 is 22.6 Å². The predicted molar refractivity (Wildman–Crippen MR) is 73.2 cm³/mol. The Kier molecular flexibility index (Phi) is 4.62. The van der Waals surface area contributed by atoms with Crippen molar-refractivity contribution in [2.75, 3.05) is 12.3 Å². The fourth-order valence-electron chi connectivity index (χ4n) is 1.12. The first kappa shape index (κ1) is 12.8. The number of rotatable bonds is 3. The zero-order valence-corrected chi connectivity index (χ0v) is 11.4. The lowest BCUT2D eigenvalue weighted by Gasteiger charge is -2.09. The van der Waals surface area contributed by atoms with Crippen molar-refractivity contribution in [2.45, 2.75) is 13.8 Å². The van der Waals surface area contributed by atoms with Gasteiger partial charge in [0.1, 0.15) is 6.61 Å². The summed E-state index contributed by atoms with van der Waals surface area (Å²) >= 11 is 2.12. The van der Waals surface area contributed by atoms with Gasteiger partial charge >= 0.3 is 0 Å². The summed E-state index contributed by atoms with van der Waals surface area (Å²) in [5.41, 5.74) is 8.07. The van der Waals surface area contributed by atoms with E-state index in [4.69, 9.17) is 15.7 Å². The number of hydrogen-bond donors (Lipinski definition) is 1. The molecule has 0 saturated heterocycles. The fourth-order valence-corrected chi connectivity index (χ4v) is 1.93. The van der Waals surface area contributed by atoms with Crippen LogP contribution in [0, 0.1) is 14.9 Å². The molecule has 0 bridgehead atoms. The Morgan fingerprint density at radius 1 is 1.56 bits per heavy atom. The molecule has 1 rings (SSSR count). The summed E-state index contributed by atoms with van der Waals surface area (Å²) in [5, 5.41) is 8.77. The third-order valence-electron chi connectivity index (χ3n) is 1.92. The maximum absolute atomic E-state index is 8.77. The quantitative estimate of drug-likeness (QED) is 0.527. The van der Waals surface area contributed by atoms with Crippen LogP contribution in [0.4, 0.5) is 5.69 Å². The van der Waals surface area contributed by atoms with Crippen molar-refractivity contribution >= 4 is 28.3 Å². The molecule has 0 aliphatic carbocycles. The van der Waals surface area contributed by atoms with Crippen molar-refractivity contribution in [1.82, 2.24) is 0 Å². The van der Waals surface area contributed by atoms with Gasteiger partial charge < -0.3 is 10.5 Å². The first-order valence-corrected chi connectivity index (χ1v) is 5.87. The molecule has 1 aromatic carbocycles. The highest BCUT2D eigenvalue weighted by Gasteiger charge is 2.07. The second kappa shape index (κ2) is 5.75. The molecule has 0 aliphatic heterocycles. The van der Waals surface area contributed by atoms with Crippen LogP contribution in [0.15, 0.2) is 23.8 Å². The van der Waals surface area contributed by atoms with E-state index < -0.39 is 0 Å². The number of anilines is 1. The lowest BCUT2D eigenvalue weighted by molar-refractivity contribution is 0.361. The van der Waals surface area contributed by atoms with E-state index in [9.17, 15) is 0 Å². The Morgan fingerprint density at radius 2 is 2.25 bits per heavy atom. The number of ether oxygens (including phenoxy) is 1. The Bertz CT molecular complexity index is 434. The summed E-state index contributed by atoms with van der Waals surface area (Å²) in [6, 6.07) is 5.44. The minimum Gasteiger partial charge on any atom is -0.486 e. The average Bonchev–Trinajstić information content (AvgIpc) is 2.21. The maximum atomic E-state index is 8.77. The zero-order valence-electron chi connectivity index (χ0n) is 9.25. The Labute approximate surface area is 109 Å². The molecule has 1 aromatic rings. The third-order valence-corrected chi connectivity index (χ3v) is 2.72. The number of hydrogen-bond acceptors (Lipinski definition) is 3. The van der Waals surface area contributed by atoms with Crippen LogP contribution in [-0.4, -0.2) is 6.61 Å². The van der Waals surface area contributed by atoms with E-state index in [2.05, 4.69) is 28.7 Å². The molecule has 0 heterocycles. The smallest absolute Gasteiger partial charge is 0.156 e. The molecule has 0 radical (unpaired) electrons. The first-order valence-electron chi connectivity index (χ1n) is 4.80. The fraction of sp³-hybridized carbons (Fsp3) is 0.250. The highest BCUT2D eigenvalue weighted by Crippen LogP contribution is 2.29. The molecule has 3 nitrogen and oxygen atoms in total. The van der Waals surface area contributed by atoms with Gasteiger partial charge in [-0.15, -0.1) is 0 Å². The average molecular weight is 328 g/mol. The van der Waals surface area contributed by atoms with Gasteiger partial charge in [-0.3, -0.25) is 0 Å². The summed E-state index contributed by atoms with van der Waals surface area (Å²) in [5.74, 6) is 0.650. The standard InChI is InChI=1S/C12H13IN2O/c1-8(2)3-4-16-12-10(13)5-9(7-14)6-11(12)15/h3,5-6H,4,15H2,1-2H3. The third kappa shape index (κ3) is 3.42. The van der Waals surface area contributed by atoms with Crippen LogP contribution in [0.3, 0.4) is 0 Å². The van der Waals surface area contributed by atoms with Gasteiger partial charge in [-0.25, -0.2) is 0 Å². The normalized spacial score (nSPS) is 9.38. The van der Waals surface area contributed by atoms with Gasteiger partial charge in [0.2, 0.25) is 0 Å². The molecule has 0 atom stereocenters. The molecular weight excluding hydrogens is 315 g/mol. The van der Waals surface area contributed by atoms with Gasteiger partial charge in [-0.05, 0) is 54.6 Å². The van der Waals surface area contributed by atoms with Crippen LogP contribution in [0.5, 0.6) is 5.75 Å². The van der Waals surface area contributed by atoms with E-state index in [1.165, 1.54) is 5.57 Å². The van der Waals surface area contributed by atoms with Gasteiger partial charge in [0.25, 0.3) is 0 Å². The number of nitriles is 1. The monoisotopic (exact) mass is 328 g/mol. The molecule has 0 amide bonds. The lowest BCUT2D eigenvalue weighted by atomic mass is 10.2. The second-order valence-electron chi connectivity index (χ2n) is 3.58. The van der Waals surface area contributed by atoms with E-state index in [1.54, 1.807) is 12.1 Å².